The van der Waals surface area contributed by atoms with Crippen LogP contribution in [-0.4, -0.2) is 59.3 Å². The third-order valence-corrected chi connectivity index (χ3v) is 7.16. The molecule has 0 radical (unpaired) electrons. The van der Waals surface area contributed by atoms with Gasteiger partial charge in [-0.05, 0) is 24.3 Å². The number of hydrogen-bond donors (Lipinski definition) is 1. The van der Waals surface area contributed by atoms with E-state index in [0.29, 0.717) is 31.4 Å². The van der Waals surface area contributed by atoms with Crippen LogP contribution in [-0.2, 0) is 21.5 Å². The van der Waals surface area contributed by atoms with Crippen molar-refractivity contribution in [3.8, 4) is 0 Å². The Kier molecular flexibility index (Phi) is 7.17. The number of benzene rings is 1. The summed E-state index contributed by atoms with van der Waals surface area (Å²) in [6.07, 6.45) is 3.49. The Labute approximate surface area is 188 Å². The summed E-state index contributed by atoms with van der Waals surface area (Å²) in [6.45, 7) is 8.98. The molecule has 168 valence electrons. The summed E-state index contributed by atoms with van der Waals surface area (Å²) in [4.78, 5) is 14.9. The minimum atomic E-state index is 0.0548. The van der Waals surface area contributed by atoms with Crippen LogP contribution in [0.15, 0.2) is 35.5 Å². The first kappa shape index (κ1) is 22.1. The number of amides is 1. The maximum atomic E-state index is 12.7. The normalized spacial score (nSPS) is 18.1. The van der Waals surface area contributed by atoms with Crippen molar-refractivity contribution in [1.29, 1.82) is 0 Å². The Morgan fingerprint density at radius 2 is 1.94 bits per heavy atom. The molecule has 31 heavy (non-hydrogen) atoms. The highest BCUT2D eigenvalue weighted by molar-refractivity contribution is 7.99. The minimum Gasteiger partial charge on any atom is -0.378 e. The van der Waals surface area contributed by atoms with E-state index in [9.17, 15) is 4.79 Å². The summed E-state index contributed by atoms with van der Waals surface area (Å²) in [5.74, 6) is 1.76. The number of nitrogens with one attached hydrogen (secondary N) is 1. The van der Waals surface area contributed by atoms with Crippen LogP contribution in [0.1, 0.15) is 38.7 Å². The van der Waals surface area contributed by atoms with Crippen molar-refractivity contribution in [2.45, 2.75) is 50.2 Å². The summed E-state index contributed by atoms with van der Waals surface area (Å²) in [5.41, 5.74) is 1.43. The van der Waals surface area contributed by atoms with Gasteiger partial charge in [-0.3, -0.25) is 9.36 Å². The topological polar surface area (TPSA) is 72.3 Å². The monoisotopic (exact) mass is 443 g/mol. The van der Waals surface area contributed by atoms with E-state index in [1.165, 1.54) is 23.7 Å². The molecule has 4 rings (SSSR count). The highest BCUT2D eigenvalue weighted by Gasteiger charge is 2.38. The number of ether oxygens (including phenoxy) is 1. The van der Waals surface area contributed by atoms with Crippen molar-refractivity contribution >= 4 is 23.6 Å². The van der Waals surface area contributed by atoms with E-state index in [0.717, 1.165) is 43.6 Å². The van der Waals surface area contributed by atoms with Gasteiger partial charge in [-0.2, -0.15) is 0 Å². The number of rotatable bonds is 9. The maximum absolute atomic E-state index is 12.7. The molecule has 1 aromatic carbocycles. The fraction of sp³-hybridized carbons (Fsp3) is 0.609. The second-order valence-corrected chi connectivity index (χ2v) is 9.89. The molecule has 2 aliphatic rings. The summed E-state index contributed by atoms with van der Waals surface area (Å²) < 4.78 is 7.63. The van der Waals surface area contributed by atoms with Gasteiger partial charge in [-0.25, -0.2) is 0 Å². The molecule has 1 N–H and O–H groups in total. The second kappa shape index (κ2) is 10.0. The Hall–Kier alpha value is -2.06. The van der Waals surface area contributed by atoms with Crippen LogP contribution in [0.4, 0.5) is 5.95 Å². The van der Waals surface area contributed by atoms with Gasteiger partial charge in [0.25, 0.3) is 0 Å². The number of aromatic nitrogens is 3. The van der Waals surface area contributed by atoms with Crippen LogP contribution in [0.25, 0.3) is 0 Å². The van der Waals surface area contributed by atoms with Crippen LogP contribution in [0.2, 0.25) is 0 Å². The summed E-state index contributed by atoms with van der Waals surface area (Å²) >= 11 is 1.47. The molecule has 0 spiro atoms. The molecule has 0 unspecified atom stereocenters. The lowest BCUT2D eigenvalue weighted by Crippen LogP contribution is -2.46. The number of morpholine rings is 1. The number of nitrogens with zero attached hydrogens (tertiary/aromatic N) is 4. The molecular formula is C23H33N5O2S. The van der Waals surface area contributed by atoms with Gasteiger partial charge in [-0.1, -0.05) is 62.4 Å². The van der Waals surface area contributed by atoms with E-state index in [-0.39, 0.29) is 11.3 Å². The van der Waals surface area contributed by atoms with Crippen LogP contribution < -0.4 is 10.2 Å². The molecule has 1 aliphatic heterocycles. The highest BCUT2D eigenvalue weighted by atomic mass is 32.2. The molecular weight excluding hydrogens is 410 g/mol. The van der Waals surface area contributed by atoms with Crippen molar-refractivity contribution in [2.75, 3.05) is 43.5 Å². The maximum Gasteiger partial charge on any atom is 0.230 e. The third kappa shape index (κ3) is 5.23. The fourth-order valence-electron chi connectivity index (χ4n) is 4.32. The first-order valence-corrected chi connectivity index (χ1v) is 12.3. The summed E-state index contributed by atoms with van der Waals surface area (Å²) in [5, 5.41) is 12.9. The number of carbonyl (C=O) groups excluding carboxylic acids is 1. The smallest absolute Gasteiger partial charge is 0.230 e. The molecule has 1 aliphatic carbocycles. The predicted molar refractivity (Wildman–Crippen MR) is 124 cm³/mol. The number of carbonyl (C=O) groups is 1. The van der Waals surface area contributed by atoms with E-state index in [1.807, 2.05) is 6.07 Å². The lowest BCUT2D eigenvalue weighted by atomic mass is 9.64. The van der Waals surface area contributed by atoms with E-state index >= 15 is 0 Å². The Morgan fingerprint density at radius 1 is 1.19 bits per heavy atom. The number of anilines is 1. The van der Waals surface area contributed by atoms with Gasteiger partial charge in [-0.15, -0.1) is 10.2 Å². The van der Waals surface area contributed by atoms with Crippen molar-refractivity contribution in [2.24, 2.45) is 5.92 Å². The zero-order valence-electron chi connectivity index (χ0n) is 18.5. The lowest BCUT2D eigenvalue weighted by molar-refractivity contribution is -0.119. The average molecular weight is 444 g/mol. The SMILES string of the molecule is CC(C)Cn1c(SCC(=O)NCC2(c3ccccc3)CCC2)nnc1N1CCOCC1. The van der Waals surface area contributed by atoms with Crippen LogP contribution in [0.5, 0.6) is 0 Å². The van der Waals surface area contributed by atoms with Crippen LogP contribution in [0.3, 0.4) is 0 Å². The van der Waals surface area contributed by atoms with Crippen molar-refractivity contribution in [3.05, 3.63) is 35.9 Å². The van der Waals surface area contributed by atoms with Crippen LogP contribution in [0, 0.1) is 5.92 Å². The van der Waals surface area contributed by atoms with Gasteiger partial charge in [0.05, 0.1) is 19.0 Å². The molecule has 1 saturated heterocycles. The van der Waals surface area contributed by atoms with Crippen molar-refractivity contribution < 1.29 is 9.53 Å². The van der Waals surface area contributed by atoms with E-state index in [2.05, 4.69) is 63.1 Å². The molecule has 2 fully saturated rings. The molecule has 0 atom stereocenters. The first-order valence-electron chi connectivity index (χ1n) is 11.3. The third-order valence-electron chi connectivity index (χ3n) is 6.19. The highest BCUT2D eigenvalue weighted by Crippen LogP contribution is 2.43. The summed E-state index contributed by atoms with van der Waals surface area (Å²) in [6, 6.07) is 10.6. The Balaban J connectivity index is 1.36. The Morgan fingerprint density at radius 3 is 2.58 bits per heavy atom. The lowest BCUT2D eigenvalue weighted by Gasteiger charge is -2.42. The van der Waals surface area contributed by atoms with Crippen molar-refractivity contribution in [3.63, 3.8) is 0 Å². The molecule has 2 heterocycles. The molecule has 7 nitrogen and oxygen atoms in total. The summed E-state index contributed by atoms with van der Waals surface area (Å²) in [7, 11) is 0. The largest absolute Gasteiger partial charge is 0.378 e. The van der Waals surface area contributed by atoms with E-state index < -0.39 is 0 Å². The van der Waals surface area contributed by atoms with Crippen LogP contribution >= 0.6 is 11.8 Å². The predicted octanol–water partition coefficient (Wildman–Crippen LogP) is 3.10. The number of hydrogen-bond acceptors (Lipinski definition) is 6. The molecule has 1 aromatic heterocycles. The van der Waals surface area contributed by atoms with Gasteiger partial charge >= 0.3 is 0 Å². The molecule has 8 heteroatoms. The zero-order chi connectivity index (χ0) is 21.7. The second-order valence-electron chi connectivity index (χ2n) is 8.95. The number of thioether (sulfide) groups is 1. The van der Waals surface area contributed by atoms with E-state index in [4.69, 9.17) is 4.74 Å². The van der Waals surface area contributed by atoms with Crippen molar-refractivity contribution in [1.82, 2.24) is 20.1 Å². The standard InChI is InChI=1S/C23H33N5O2S/c1-18(2)15-28-21(27-11-13-30-14-12-27)25-26-22(28)31-16-20(29)24-17-23(9-6-10-23)19-7-4-3-5-8-19/h3-5,7-8,18H,6,9-17H2,1-2H3,(H,24,29). The molecule has 1 amide bonds. The van der Waals surface area contributed by atoms with Gasteiger partial charge in [0.2, 0.25) is 11.9 Å². The van der Waals surface area contributed by atoms with Gasteiger partial charge in [0, 0.05) is 31.6 Å². The van der Waals surface area contributed by atoms with Gasteiger partial charge in [0.1, 0.15) is 0 Å². The molecule has 1 saturated carbocycles. The average Bonchev–Trinajstić information content (AvgIpc) is 3.14. The van der Waals surface area contributed by atoms with Gasteiger partial charge < -0.3 is 15.0 Å². The van der Waals surface area contributed by atoms with Gasteiger partial charge in [0.15, 0.2) is 5.16 Å². The molecule has 0 bridgehead atoms. The minimum absolute atomic E-state index is 0.0548. The first-order chi connectivity index (χ1) is 15.1. The molecule has 2 aromatic rings. The Bertz CT molecular complexity index is 860. The fourth-order valence-corrected chi connectivity index (χ4v) is 5.09. The quantitative estimate of drug-likeness (QED) is 0.601. The zero-order valence-corrected chi connectivity index (χ0v) is 19.4. The van der Waals surface area contributed by atoms with E-state index in [1.54, 1.807) is 0 Å².